The number of aliphatic hydroxyl groups is 3. The molecule has 3 N–H and O–H groups in total. The van der Waals surface area contributed by atoms with Crippen LogP contribution in [0, 0.1) is 0 Å². The second-order valence-electron chi connectivity index (χ2n) is 2.84. The molecule has 13 heavy (non-hydrogen) atoms. The fourth-order valence-electron chi connectivity index (χ4n) is 1.01. The summed E-state index contributed by atoms with van der Waals surface area (Å²) in [5.74, 6) is -0.488. The van der Waals surface area contributed by atoms with Gasteiger partial charge in [0, 0.05) is 13.3 Å². The summed E-state index contributed by atoms with van der Waals surface area (Å²) in [6.07, 6.45) is -3.06. The quantitative estimate of drug-likeness (QED) is 0.399. The van der Waals surface area contributed by atoms with Gasteiger partial charge in [-0.05, 0) is 6.42 Å². The molecule has 78 valence electrons. The SMILES string of the molecule is CC[C@H](OC(C)=O)[C@H](O)CC(O)O. The first-order valence-corrected chi connectivity index (χ1v) is 4.18. The predicted molar refractivity (Wildman–Crippen MR) is 44.7 cm³/mol. The van der Waals surface area contributed by atoms with E-state index in [0.717, 1.165) is 0 Å². The van der Waals surface area contributed by atoms with Gasteiger partial charge in [-0.1, -0.05) is 6.92 Å². The molecule has 0 aliphatic carbocycles. The molecule has 2 atom stereocenters. The van der Waals surface area contributed by atoms with Crippen LogP contribution in [0.5, 0.6) is 0 Å². The largest absolute Gasteiger partial charge is 0.460 e. The number of esters is 1. The number of hydrogen-bond donors (Lipinski definition) is 3. The van der Waals surface area contributed by atoms with Gasteiger partial charge in [-0.3, -0.25) is 4.79 Å². The van der Waals surface area contributed by atoms with E-state index in [1.165, 1.54) is 6.92 Å². The Morgan fingerprint density at radius 1 is 1.38 bits per heavy atom. The molecule has 5 nitrogen and oxygen atoms in total. The van der Waals surface area contributed by atoms with Crippen molar-refractivity contribution in [2.75, 3.05) is 0 Å². The minimum absolute atomic E-state index is 0.216. The first-order chi connectivity index (χ1) is 5.97. The lowest BCUT2D eigenvalue weighted by atomic mass is 10.1. The molecule has 0 bridgehead atoms. The van der Waals surface area contributed by atoms with Crippen molar-refractivity contribution in [3.8, 4) is 0 Å². The summed E-state index contributed by atoms with van der Waals surface area (Å²) in [7, 11) is 0. The molecule has 0 aromatic rings. The van der Waals surface area contributed by atoms with Gasteiger partial charge >= 0.3 is 5.97 Å². The Morgan fingerprint density at radius 3 is 2.23 bits per heavy atom. The van der Waals surface area contributed by atoms with Crippen LogP contribution in [0.25, 0.3) is 0 Å². The van der Waals surface area contributed by atoms with Crippen molar-refractivity contribution in [3.05, 3.63) is 0 Å². The molecular weight excluding hydrogens is 176 g/mol. The fourth-order valence-corrected chi connectivity index (χ4v) is 1.01. The number of ether oxygens (including phenoxy) is 1. The number of aliphatic hydroxyl groups excluding tert-OH is 2. The highest BCUT2D eigenvalue weighted by Crippen LogP contribution is 2.09. The van der Waals surface area contributed by atoms with E-state index in [-0.39, 0.29) is 6.42 Å². The van der Waals surface area contributed by atoms with E-state index < -0.39 is 24.5 Å². The van der Waals surface area contributed by atoms with Crippen molar-refractivity contribution in [1.29, 1.82) is 0 Å². The molecule has 0 aliphatic rings. The van der Waals surface area contributed by atoms with Crippen LogP contribution < -0.4 is 0 Å². The van der Waals surface area contributed by atoms with Crippen molar-refractivity contribution < 1.29 is 24.9 Å². The first-order valence-electron chi connectivity index (χ1n) is 4.18. The maximum Gasteiger partial charge on any atom is 0.302 e. The van der Waals surface area contributed by atoms with E-state index in [0.29, 0.717) is 6.42 Å². The van der Waals surface area contributed by atoms with Crippen LogP contribution in [-0.4, -0.2) is 39.8 Å². The van der Waals surface area contributed by atoms with Crippen molar-refractivity contribution in [3.63, 3.8) is 0 Å². The molecule has 5 heteroatoms. The molecule has 0 unspecified atom stereocenters. The molecule has 0 amide bonds. The van der Waals surface area contributed by atoms with Crippen LogP contribution in [0.4, 0.5) is 0 Å². The van der Waals surface area contributed by atoms with Crippen LogP contribution in [-0.2, 0) is 9.53 Å². The Balaban J connectivity index is 3.98. The summed E-state index contributed by atoms with van der Waals surface area (Å²) in [6, 6.07) is 0. The van der Waals surface area contributed by atoms with Gasteiger partial charge in [0.05, 0.1) is 6.10 Å². The Kier molecular flexibility index (Phi) is 5.61. The molecule has 0 saturated carbocycles. The maximum absolute atomic E-state index is 10.5. The second kappa shape index (κ2) is 5.90. The lowest BCUT2D eigenvalue weighted by molar-refractivity contribution is -0.157. The standard InChI is InChI=1S/C8H16O5/c1-3-7(13-5(2)9)6(10)4-8(11)12/h6-8,10-12H,3-4H2,1-2H3/t6-,7+/m1/s1. The smallest absolute Gasteiger partial charge is 0.302 e. The van der Waals surface area contributed by atoms with Gasteiger partial charge in [0.2, 0.25) is 0 Å². The van der Waals surface area contributed by atoms with E-state index in [1.807, 2.05) is 0 Å². The first kappa shape index (κ1) is 12.3. The van der Waals surface area contributed by atoms with Crippen LogP contribution >= 0.6 is 0 Å². The van der Waals surface area contributed by atoms with Gasteiger partial charge in [0.1, 0.15) is 6.10 Å². The minimum atomic E-state index is -1.58. The van der Waals surface area contributed by atoms with E-state index in [2.05, 4.69) is 0 Å². The predicted octanol–water partition coefficient (Wildman–Crippen LogP) is -0.610. The monoisotopic (exact) mass is 192 g/mol. The van der Waals surface area contributed by atoms with Gasteiger partial charge in [-0.25, -0.2) is 0 Å². The summed E-state index contributed by atoms with van der Waals surface area (Å²) < 4.78 is 4.75. The van der Waals surface area contributed by atoms with Gasteiger partial charge in [-0.15, -0.1) is 0 Å². The zero-order valence-electron chi connectivity index (χ0n) is 7.80. The van der Waals surface area contributed by atoms with Gasteiger partial charge in [-0.2, -0.15) is 0 Å². The molecule has 0 spiro atoms. The molecular formula is C8H16O5. The molecule has 0 rings (SSSR count). The Hall–Kier alpha value is -0.650. The average Bonchev–Trinajstić information content (AvgIpc) is 1.98. The molecule has 0 aliphatic heterocycles. The zero-order valence-corrected chi connectivity index (χ0v) is 7.80. The van der Waals surface area contributed by atoms with Crippen LogP contribution in [0.1, 0.15) is 26.7 Å². The lowest BCUT2D eigenvalue weighted by Crippen LogP contribution is -2.33. The number of carbonyl (C=O) groups is 1. The normalized spacial score (nSPS) is 15.5. The number of rotatable bonds is 5. The fraction of sp³-hybridized carbons (Fsp3) is 0.875. The average molecular weight is 192 g/mol. The summed E-state index contributed by atoms with van der Waals surface area (Å²) in [4.78, 5) is 10.5. The van der Waals surface area contributed by atoms with E-state index >= 15 is 0 Å². The minimum Gasteiger partial charge on any atom is -0.460 e. The van der Waals surface area contributed by atoms with E-state index in [1.54, 1.807) is 6.92 Å². The highest BCUT2D eigenvalue weighted by Gasteiger charge is 2.22. The molecule has 0 aromatic carbocycles. The lowest BCUT2D eigenvalue weighted by Gasteiger charge is -2.21. The summed E-state index contributed by atoms with van der Waals surface area (Å²) in [5, 5.41) is 26.4. The number of hydrogen-bond acceptors (Lipinski definition) is 5. The van der Waals surface area contributed by atoms with Crippen molar-refractivity contribution in [1.82, 2.24) is 0 Å². The Morgan fingerprint density at radius 2 is 1.92 bits per heavy atom. The molecule has 0 saturated heterocycles. The van der Waals surface area contributed by atoms with Crippen molar-refractivity contribution >= 4 is 5.97 Å². The van der Waals surface area contributed by atoms with Crippen LogP contribution in [0.15, 0.2) is 0 Å². The van der Waals surface area contributed by atoms with Crippen molar-refractivity contribution in [2.45, 2.75) is 45.2 Å². The van der Waals surface area contributed by atoms with Gasteiger partial charge in [0.25, 0.3) is 0 Å². The third-order valence-corrected chi connectivity index (χ3v) is 1.60. The van der Waals surface area contributed by atoms with Crippen LogP contribution in [0.3, 0.4) is 0 Å². The number of carbonyl (C=O) groups excluding carboxylic acids is 1. The van der Waals surface area contributed by atoms with E-state index in [4.69, 9.17) is 14.9 Å². The third-order valence-electron chi connectivity index (χ3n) is 1.60. The molecule has 0 fully saturated rings. The third kappa shape index (κ3) is 5.57. The van der Waals surface area contributed by atoms with Crippen molar-refractivity contribution in [2.24, 2.45) is 0 Å². The molecule has 0 radical (unpaired) electrons. The summed E-state index contributed by atoms with van der Waals surface area (Å²) in [6.45, 7) is 2.98. The van der Waals surface area contributed by atoms with Crippen LogP contribution in [0.2, 0.25) is 0 Å². The Labute approximate surface area is 77.0 Å². The highest BCUT2D eigenvalue weighted by atomic mass is 16.6. The summed E-state index contributed by atoms with van der Waals surface area (Å²) >= 11 is 0. The maximum atomic E-state index is 10.5. The van der Waals surface area contributed by atoms with E-state index in [9.17, 15) is 9.90 Å². The molecule has 0 aromatic heterocycles. The highest BCUT2D eigenvalue weighted by molar-refractivity contribution is 5.66. The Bertz CT molecular complexity index is 157. The second-order valence-corrected chi connectivity index (χ2v) is 2.84. The molecule has 0 heterocycles. The van der Waals surface area contributed by atoms with Gasteiger partial charge in [0.15, 0.2) is 6.29 Å². The topological polar surface area (TPSA) is 87.0 Å². The summed E-state index contributed by atoms with van der Waals surface area (Å²) in [5.41, 5.74) is 0. The van der Waals surface area contributed by atoms with Gasteiger partial charge < -0.3 is 20.1 Å². The zero-order chi connectivity index (χ0) is 10.4.